The van der Waals surface area contributed by atoms with Crippen molar-refractivity contribution in [3.8, 4) is 0 Å². The zero-order valence-corrected chi connectivity index (χ0v) is 14.9. The molecule has 0 amide bonds. The summed E-state index contributed by atoms with van der Waals surface area (Å²) in [6.45, 7) is 9.86. The van der Waals surface area contributed by atoms with E-state index in [2.05, 4.69) is 35.7 Å². The molecule has 0 bridgehead atoms. The van der Waals surface area contributed by atoms with Crippen LogP contribution in [0.25, 0.3) is 11.2 Å². The molecule has 1 saturated heterocycles. The third-order valence-electron chi connectivity index (χ3n) is 5.58. The van der Waals surface area contributed by atoms with E-state index in [0.29, 0.717) is 17.7 Å². The van der Waals surface area contributed by atoms with Gasteiger partial charge in [-0.1, -0.05) is 0 Å². The second-order valence-electron chi connectivity index (χ2n) is 6.60. The molecule has 2 aromatic rings. The number of nitrogens with two attached hydrogens (primary N) is 1. The molecule has 9 nitrogen and oxygen atoms in total. The quantitative estimate of drug-likeness (QED) is 0.622. The summed E-state index contributed by atoms with van der Waals surface area (Å²) in [6, 6.07) is 0. The summed E-state index contributed by atoms with van der Waals surface area (Å²) in [5, 5.41) is 21.1. The van der Waals surface area contributed by atoms with E-state index < -0.39 is 24.5 Å². The zero-order chi connectivity index (χ0) is 18.2. The van der Waals surface area contributed by atoms with Crippen molar-refractivity contribution in [1.82, 2.24) is 19.5 Å². The highest BCUT2D eigenvalue weighted by Gasteiger charge is 2.47. The summed E-state index contributed by atoms with van der Waals surface area (Å²) in [5.41, 5.74) is 6.75. The first-order valence-corrected chi connectivity index (χ1v) is 8.76. The largest absolute Gasteiger partial charge is 0.387 e. The number of hydrogen-bond acceptors (Lipinski definition) is 7. The van der Waals surface area contributed by atoms with Gasteiger partial charge in [0.15, 0.2) is 17.7 Å². The summed E-state index contributed by atoms with van der Waals surface area (Å²) >= 11 is 0. The molecule has 0 unspecified atom stereocenters. The van der Waals surface area contributed by atoms with Gasteiger partial charge in [0, 0.05) is 0 Å². The number of ether oxygens (including phenoxy) is 1. The summed E-state index contributed by atoms with van der Waals surface area (Å²) in [6.07, 6.45) is -0.392. The van der Waals surface area contributed by atoms with Crippen LogP contribution in [0.1, 0.15) is 27.0 Å². The average molecular weight is 351 g/mol. The molecule has 138 valence electrons. The van der Waals surface area contributed by atoms with E-state index in [9.17, 15) is 10.2 Å². The van der Waals surface area contributed by atoms with Crippen molar-refractivity contribution in [3.63, 3.8) is 0 Å². The number of aliphatic hydroxyl groups is 2. The maximum atomic E-state index is 10.5. The molecule has 0 radical (unpaired) electrons. The van der Waals surface area contributed by atoms with Crippen LogP contribution < -0.4 is 5.73 Å². The van der Waals surface area contributed by atoms with E-state index in [1.807, 2.05) is 0 Å². The SMILES string of the molecule is CC[N+](CC)(CC)C[C@H]1O[C@@H](n2cnc3c(N)ncnc32)[C@H](O)[C@@H]1O. The van der Waals surface area contributed by atoms with E-state index in [1.54, 1.807) is 4.57 Å². The first-order valence-electron chi connectivity index (χ1n) is 8.76. The van der Waals surface area contributed by atoms with Crippen LogP contribution in [0.5, 0.6) is 0 Å². The summed E-state index contributed by atoms with van der Waals surface area (Å²) in [4.78, 5) is 12.3. The number of rotatable bonds is 6. The highest BCUT2D eigenvalue weighted by Crippen LogP contribution is 2.33. The molecule has 1 aliphatic heterocycles. The van der Waals surface area contributed by atoms with Crippen LogP contribution in [0, 0.1) is 0 Å². The average Bonchev–Trinajstić information content (AvgIpc) is 3.17. The molecule has 1 fully saturated rings. The molecule has 2 aromatic heterocycles. The lowest BCUT2D eigenvalue weighted by Crippen LogP contribution is -2.54. The molecular weight excluding hydrogens is 324 g/mol. The number of aliphatic hydroxyl groups excluding tert-OH is 2. The Morgan fingerprint density at radius 3 is 2.44 bits per heavy atom. The van der Waals surface area contributed by atoms with Gasteiger partial charge in [-0.3, -0.25) is 4.57 Å². The van der Waals surface area contributed by atoms with Gasteiger partial charge in [-0.05, 0) is 20.8 Å². The molecule has 25 heavy (non-hydrogen) atoms. The number of aromatic nitrogens is 4. The fraction of sp³-hybridized carbons (Fsp3) is 0.688. The fourth-order valence-corrected chi connectivity index (χ4v) is 3.61. The third-order valence-corrected chi connectivity index (χ3v) is 5.58. The summed E-state index contributed by atoms with van der Waals surface area (Å²) < 4.78 is 8.48. The van der Waals surface area contributed by atoms with Crippen LogP contribution in [0.3, 0.4) is 0 Å². The molecule has 3 rings (SSSR count). The highest BCUT2D eigenvalue weighted by molar-refractivity contribution is 5.81. The predicted molar refractivity (Wildman–Crippen MR) is 92.4 cm³/mol. The maximum absolute atomic E-state index is 10.5. The molecule has 4 atom stereocenters. The number of imidazole rings is 1. The van der Waals surface area contributed by atoms with Gasteiger partial charge in [0.1, 0.15) is 36.7 Å². The van der Waals surface area contributed by atoms with Gasteiger partial charge in [-0.25, -0.2) is 15.0 Å². The van der Waals surface area contributed by atoms with E-state index in [4.69, 9.17) is 10.5 Å². The minimum absolute atomic E-state index is 0.270. The van der Waals surface area contributed by atoms with Crippen molar-refractivity contribution in [1.29, 1.82) is 0 Å². The predicted octanol–water partition coefficient (Wildman–Crippen LogP) is -0.0958. The maximum Gasteiger partial charge on any atom is 0.167 e. The molecule has 0 spiro atoms. The number of hydrogen-bond donors (Lipinski definition) is 3. The standard InChI is InChI=1S/C16H27N6O3/c1-4-22(5-2,6-3)7-10-12(23)13(24)16(25-10)21-9-20-11-14(17)18-8-19-15(11)21/h8-10,12-13,16,23-24H,4-7H2,1-3H3,(H2,17,18,19)/q+1/t10-,12-,13-,16-/m1/s1. The van der Waals surface area contributed by atoms with Crippen LogP contribution in [0.15, 0.2) is 12.7 Å². The Morgan fingerprint density at radius 1 is 1.12 bits per heavy atom. The molecule has 0 aromatic carbocycles. The molecule has 3 heterocycles. The number of nitrogens with zero attached hydrogens (tertiary/aromatic N) is 5. The van der Waals surface area contributed by atoms with E-state index in [-0.39, 0.29) is 5.82 Å². The lowest BCUT2D eigenvalue weighted by Gasteiger charge is -2.38. The second kappa shape index (κ2) is 6.83. The second-order valence-corrected chi connectivity index (χ2v) is 6.60. The highest BCUT2D eigenvalue weighted by atomic mass is 16.6. The van der Waals surface area contributed by atoms with Gasteiger partial charge in [-0.2, -0.15) is 0 Å². The molecular formula is C16H27N6O3+. The number of fused-ring (bicyclic) bond motifs is 1. The van der Waals surface area contributed by atoms with E-state index >= 15 is 0 Å². The summed E-state index contributed by atoms with van der Waals surface area (Å²) in [7, 11) is 0. The lowest BCUT2D eigenvalue weighted by molar-refractivity contribution is -0.926. The molecule has 0 aliphatic carbocycles. The number of anilines is 1. The van der Waals surface area contributed by atoms with Crippen LogP contribution in [0.4, 0.5) is 5.82 Å². The first kappa shape index (κ1) is 18.0. The van der Waals surface area contributed by atoms with Gasteiger partial charge < -0.3 is 25.2 Å². The number of nitrogen functional groups attached to an aromatic ring is 1. The fourth-order valence-electron chi connectivity index (χ4n) is 3.61. The Labute approximate surface area is 146 Å². The third kappa shape index (κ3) is 2.97. The minimum atomic E-state index is -1.06. The van der Waals surface area contributed by atoms with Crippen molar-refractivity contribution in [2.75, 3.05) is 31.9 Å². The lowest BCUT2D eigenvalue weighted by atomic mass is 10.1. The van der Waals surface area contributed by atoms with Crippen molar-refractivity contribution in [2.24, 2.45) is 0 Å². The first-order chi connectivity index (χ1) is 12.0. The van der Waals surface area contributed by atoms with Crippen molar-refractivity contribution < 1.29 is 19.4 Å². The Kier molecular flexibility index (Phi) is 4.92. The molecule has 9 heteroatoms. The molecule has 0 saturated carbocycles. The van der Waals surface area contributed by atoms with Gasteiger partial charge in [0.05, 0.1) is 26.0 Å². The Bertz CT molecular complexity index is 723. The van der Waals surface area contributed by atoms with Crippen molar-refractivity contribution in [2.45, 2.75) is 45.3 Å². The smallest absolute Gasteiger partial charge is 0.167 e. The Hall–Kier alpha value is -1.81. The van der Waals surface area contributed by atoms with Gasteiger partial charge >= 0.3 is 0 Å². The van der Waals surface area contributed by atoms with Crippen LogP contribution in [-0.2, 0) is 4.74 Å². The van der Waals surface area contributed by atoms with E-state index in [0.717, 1.165) is 24.1 Å². The molecule has 4 N–H and O–H groups in total. The van der Waals surface area contributed by atoms with Gasteiger partial charge in [0.2, 0.25) is 0 Å². The molecule has 1 aliphatic rings. The Morgan fingerprint density at radius 2 is 1.80 bits per heavy atom. The monoisotopic (exact) mass is 351 g/mol. The normalized spacial score (nSPS) is 27.2. The number of likely N-dealkylation sites (N-methyl/N-ethyl adjacent to an activating group) is 1. The van der Waals surface area contributed by atoms with Crippen LogP contribution >= 0.6 is 0 Å². The van der Waals surface area contributed by atoms with Gasteiger partial charge in [-0.15, -0.1) is 0 Å². The van der Waals surface area contributed by atoms with Crippen molar-refractivity contribution >= 4 is 17.0 Å². The minimum Gasteiger partial charge on any atom is -0.387 e. The topological polar surface area (TPSA) is 119 Å². The number of quaternary nitrogens is 1. The van der Waals surface area contributed by atoms with Crippen LogP contribution in [0.2, 0.25) is 0 Å². The van der Waals surface area contributed by atoms with Crippen LogP contribution in [-0.4, -0.2) is 78.7 Å². The van der Waals surface area contributed by atoms with Crippen molar-refractivity contribution in [3.05, 3.63) is 12.7 Å². The van der Waals surface area contributed by atoms with E-state index in [1.165, 1.54) is 12.7 Å². The Balaban J connectivity index is 1.88. The zero-order valence-electron chi connectivity index (χ0n) is 14.9. The summed E-state index contributed by atoms with van der Waals surface area (Å²) in [5.74, 6) is 0.270. The van der Waals surface area contributed by atoms with Gasteiger partial charge in [0.25, 0.3) is 0 Å².